The van der Waals surface area contributed by atoms with Crippen molar-refractivity contribution in [1.82, 2.24) is 10.2 Å². The third kappa shape index (κ3) is 2.20. The van der Waals surface area contributed by atoms with Crippen molar-refractivity contribution in [3.63, 3.8) is 0 Å². The zero-order valence-electron chi connectivity index (χ0n) is 12.2. The second-order valence-electron chi connectivity index (χ2n) is 5.58. The van der Waals surface area contributed by atoms with E-state index in [9.17, 15) is 19.2 Å². The molecule has 114 valence electrons. The minimum Gasteiger partial charge on any atom is -0.295 e. The molecule has 1 aromatic carbocycles. The number of rotatable bonds is 3. The van der Waals surface area contributed by atoms with E-state index < -0.39 is 23.8 Å². The van der Waals surface area contributed by atoms with Gasteiger partial charge in [0.1, 0.15) is 6.04 Å². The lowest BCUT2D eigenvalue weighted by Gasteiger charge is -2.27. The molecule has 4 amide bonds. The highest BCUT2D eigenvalue weighted by atomic mass is 16.2. The zero-order chi connectivity index (χ0) is 15.9. The first-order valence-electron chi connectivity index (χ1n) is 7.37. The number of amides is 4. The number of benzene rings is 1. The second kappa shape index (κ2) is 5.36. The number of aryl methyl sites for hydroxylation is 1. The minimum absolute atomic E-state index is 0.130. The first kappa shape index (κ1) is 14.4. The summed E-state index contributed by atoms with van der Waals surface area (Å²) < 4.78 is 0. The Morgan fingerprint density at radius 1 is 1.14 bits per heavy atom. The predicted molar refractivity (Wildman–Crippen MR) is 77.1 cm³/mol. The van der Waals surface area contributed by atoms with Crippen LogP contribution in [0.4, 0.5) is 0 Å². The van der Waals surface area contributed by atoms with Crippen LogP contribution in [0.15, 0.2) is 18.2 Å². The molecule has 0 aromatic heterocycles. The summed E-state index contributed by atoms with van der Waals surface area (Å²) in [5, 5.41) is 2.18. The van der Waals surface area contributed by atoms with Crippen molar-refractivity contribution < 1.29 is 19.2 Å². The van der Waals surface area contributed by atoms with Gasteiger partial charge in [0.05, 0.1) is 11.1 Å². The van der Waals surface area contributed by atoms with E-state index >= 15 is 0 Å². The maximum Gasteiger partial charge on any atom is 0.262 e. The van der Waals surface area contributed by atoms with Crippen molar-refractivity contribution in [1.29, 1.82) is 0 Å². The van der Waals surface area contributed by atoms with Gasteiger partial charge < -0.3 is 0 Å². The van der Waals surface area contributed by atoms with Crippen molar-refractivity contribution in [2.45, 2.75) is 38.6 Å². The van der Waals surface area contributed by atoms with Gasteiger partial charge in [0.25, 0.3) is 11.8 Å². The van der Waals surface area contributed by atoms with Crippen LogP contribution in [-0.2, 0) is 16.0 Å². The van der Waals surface area contributed by atoms with Gasteiger partial charge in [-0.2, -0.15) is 0 Å². The van der Waals surface area contributed by atoms with Gasteiger partial charge >= 0.3 is 0 Å². The Morgan fingerprint density at radius 2 is 1.86 bits per heavy atom. The van der Waals surface area contributed by atoms with Gasteiger partial charge in [-0.05, 0) is 30.5 Å². The summed E-state index contributed by atoms with van der Waals surface area (Å²) >= 11 is 0. The third-order valence-corrected chi connectivity index (χ3v) is 4.04. The molecule has 2 aliphatic rings. The minimum atomic E-state index is -0.903. The Morgan fingerprint density at radius 3 is 2.55 bits per heavy atom. The lowest BCUT2D eigenvalue weighted by molar-refractivity contribution is -0.136. The van der Waals surface area contributed by atoms with E-state index in [4.69, 9.17) is 0 Å². The van der Waals surface area contributed by atoms with Crippen molar-refractivity contribution in [3.05, 3.63) is 34.9 Å². The van der Waals surface area contributed by atoms with Crippen molar-refractivity contribution in [2.24, 2.45) is 0 Å². The molecule has 1 unspecified atom stereocenters. The normalized spacial score (nSPS) is 21.1. The molecule has 2 heterocycles. The Bertz CT molecular complexity index is 695. The van der Waals surface area contributed by atoms with E-state index in [0.29, 0.717) is 11.1 Å². The fraction of sp³-hybridized carbons (Fsp3) is 0.375. The largest absolute Gasteiger partial charge is 0.295 e. The molecule has 0 spiro atoms. The SMILES string of the molecule is CCCc1ccc2c(c1)C(=O)N(C1CCC(=O)NC1=O)C2=O. The first-order valence-corrected chi connectivity index (χ1v) is 7.37. The molecule has 1 atom stereocenters. The second-order valence-corrected chi connectivity index (χ2v) is 5.58. The highest BCUT2D eigenvalue weighted by Gasteiger charge is 2.44. The average molecular weight is 300 g/mol. The highest BCUT2D eigenvalue weighted by Crippen LogP contribution is 2.28. The van der Waals surface area contributed by atoms with E-state index in [2.05, 4.69) is 5.32 Å². The van der Waals surface area contributed by atoms with Crippen LogP contribution in [0.1, 0.15) is 52.5 Å². The van der Waals surface area contributed by atoms with Crippen LogP contribution in [0.5, 0.6) is 0 Å². The van der Waals surface area contributed by atoms with E-state index in [1.165, 1.54) is 0 Å². The highest BCUT2D eigenvalue weighted by molar-refractivity contribution is 6.23. The number of piperidine rings is 1. The van der Waals surface area contributed by atoms with E-state index in [1.807, 2.05) is 13.0 Å². The molecule has 6 heteroatoms. The molecule has 1 fully saturated rings. The van der Waals surface area contributed by atoms with Crippen LogP contribution in [0.3, 0.4) is 0 Å². The monoisotopic (exact) mass is 300 g/mol. The number of hydrogen-bond acceptors (Lipinski definition) is 4. The van der Waals surface area contributed by atoms with Crippen LogP contribution in [0.25, 0.3) is 0 Å². The summed E-state index contributed by atoms with van der Waals surface area (Å²) in [6, 6.07) is 4.30. The van der Waals surface area contributed by atoms with Gasteiger partial charge in [-0.3, -0.25) is 29.4 Å². The molecule has 0 saturated carbocycles. The number of hydrogen-bond donors (Lipinski definition) is 1. The summed E-state index contributed by atoms with van der Waals surface area (Å²) in [5.41, 5.74) is 1.67. The summed E-state index contributed by atoms with van der Waals surface area (Å²) in [6.07, 6.45) is 2.08. The van der Waals surface area contributed by atoms with Crippen LogP contribution in [0, 0.1) is 0 Å². The molecule has 0 bridgehead atoms. The van der Waals surface area contributed by atoms with E-state index in [0.717, 1.165) is 23.3 Å². The van der Waals surface area contributed by atoms with E-state index in [-0.39, 0.29) is 18.7 Å². The molecule has 2 aliphatic heterocycles. The van der Waals surface area contributed by atoms with Gasteiger partial charge in [-0.1, -0.05) is 19.4 Å². The maximum atomic E-state index is 12.5. The van der Waals surface area contributed by atoms with Gasteiger partial charge in [0.2, 0.25) is 11.8 Å². The Balaban J connectivity index is 1.93. The number of nitrogens with zero attached hydrogens (tertiary/aromatic N) is 1. The fourth-order valence-electron chi connectivity index (χ4n) is 2.96. The topological polar surface area (TPSA) is 83.6 Å². The lowest BCUT2D eigenvalue weighted by atomic mass is 10.0. The molecule has 0 aliphatic carbocycles. The average Bonchev–Trinajstić information content (AvgIpc) is 2.72. The molecule has 6 nitrogen and oxygen atoms in total. The van der Waals surface area contributed by atoms with Crippen molar-refractivity contribution in [3.8, 4) is 0 Å². The number of imide groups is 2. The van der Waals surface area contributed by atoms with E-state index in [1.54, 1.807) is 12.1 Å². The fourth-order valence-corrected chi connectivity index (χ4v) is 2.96. The summed E-state index contributed by atoms with van der Waals surface area (Å²) in [5.74, 6) is -1.87. The summed E-state index contributed by atoms with van der Waals surface area (Å²) in [6.45, 7) is 2.04. The number of carbonyl (C=O) groups excluding carboxylic acids is 4. The van der Waals surface area contributed by atoms with Gasteiger partial charge in [-0.25, -0.2) is 0 Å². The van der Waals surface area contributed by atoms with Crippen molar-refractivity contribution in [2.75, 3.05) is 0 Å². The third-order valence-electron chi connectivity index (χ3n) is 4.04. The molecular formula is C16H16N2O4. The Labute approximate surface area is 127 Å². The van der Waals surface area contributed by atoms with Crippen LogP contribution in [-0.4, -0.2) is 34.6 Å². The smallest absolute Gasteiger partial charge is 0.262 e. The van der Waals surface area contributed by atoms with Crippen LogP contribution in [0.2, 0.25) is 0 Å². The summed E-state index contributed by atoms with van der Waals surface area (Å²) in [7, 11) is 0. The lowest BCUT2D eigenvalue weighted by Crippen LogP contribution is -2.54. The molecule has 22 heavy (non-hydrogen) atoms. The number of carbonyl (C=O) groups is 4. The molecule has 3 rings (SSSR count). The van der Waals surface area contributed by atoms with Gasteiger partial charge in [0.15, 0.2) is 0 Å². The van der Waals surface area contributed by atoms with Crippen LogP contribution < -0.4 is 5.32 Å². The molecule has 0 radical (unpaired) electrons. The standard InChI is InChI=1S/C16H16N2O4/c1-2-3-9-4-5-10-11(8-9)16(22)18(15(10)21)12-6-7-13(19)17-14(12)20/h4-5,8,12H,2-3,6-7H2,1H3,(H,17,19,20). The summed E-state index contributed by atoms with van der Waals surface area (Å²) in [4.78, 5) is 49.1. The predicted octanol–water partition coefficient (Wildman–Crippen LogP) is 1.04. The zero-order valence-corrected chi connectivity index (χ0v) is 12.2. The quantitative estimate of drug-likeness (QED) is 0.845. The molecule has 1 saturated heterocycles. The maximum absolute atomic E-state index is 12.5. The number of fused-ring (bicyclic) bond motifs is 1. The number of nitrogens with one attached hydrogen (secondary N) is 1. The van der Waals surface area contributed by atoms with Gasteiger partial charge in [-0.15, -0.1) is 0 Å². The first-order chi connectivity index (χ1) is 10.5. The molecule has 1 N–H and O–H groups in total. The molecular weight excluding hydrogens is 284 g/mol. The van der Waals surface area contributed by atoms with Crippen LogP contribution >= 0.6 is 0 Å². The Hall–Kier alpha value is -2.50. The molecule has 1 aromatic rings. The van der Waals surface area contributed by atoms with Crippen molar-refractivity contribution >= 4 is 23.6 Å². The Kier molecular flexibility index (Phi) is 3.52. The van der Waals surface area contributed by atoms with Gasteiger partial charge in [0, 0.05) is 6.42 Å².